The zero-order valence-corrected chi connectivity index (χ0v) is 8.72. The van der Waals surface area contributed by atoms with E-state index in [4.69, 9.17) is 5.11 Å². The third kappa shape index (κ3) is 2.20. The second-order valence-electron chi connectivity index (χ2n) is 3.32. The van der Waals surface area contributed by atoms with Crippen LogP contribution in [0.25, 0.3) is 0 Å². The molecule has 0 aromatic heterocycles. The predicted molar refractivity (Wildman–Crippen MR) is 52.4 cm³/mol. The molecule has 1 rings (SSSR count). The van der Waals surface area contributed by atoms with Crippen LogP contribution in [0.1, 0.15) is 10.4 Å². The van der Waals surface area contributed by atoms with Crippen LogP contribution in [-0.4, -0.2) is 24.4 Å². The number of carboxylic acid groups (broad SMARTS) is 1. The first-order valence-corrected chi connectivity index (χ1v) is 6.51. The second kappa shape index (κ2) is 3.54. The van der Waals surface area contributed by atoms with Gasteiger partial charge in [0.25, 0.3) is 0 Å². The maximum Gasteiger partial charge on any atom is 0.336 e. The van der Waals surface area contributed by atoms with Crippen molar-refractivity contribution in [3.05, 3.63) is 29.6 Å². The number of halogens is 1. The third-order valence-corrected chi connectivity index (χ3v) is 3.32. The largest absolute Gasteiger partial charge is 0.478 e. The molecule has 0 saturated carbocycles. The zero-order valence-electron chi connectivity index (χ0n) is 7.82. The molecule has 5 heteroatoms. The summed E-state index contributed by atoms with van der Waals surface area (Å²) < 4.78 is 24.4. The highest BCUT2D eigenvalue weighted by Crippen LogP contribution is 2.36. The molecular formula is C9H10FO3P. The number of carboxylic acids is 1. The highest BCUT2D eigenvalue weighted by atomic mass is 31.2. The molecular weight excluding hydrogens is 206 g/mol. The number of benzene rings is 1. The average Bonchev–Trinajstić information content (AvgIpc) is 2.01. The van der Waals surface area contributed by atoms with Gasteiger partial charge in [0.05, 0.1) is 5.56 Å². The molecule has 76 valence electrons. The topological polar surface area (TPSA) is 54.4 Å². The molecule has 0 radical (unpaired) electrons. The minimum absolute atomic E-state index is 0.200. The van der Waals surface area contributed by atoms with Crippen molar-refractivity contribution in [1.82, 2.24) is 0 Å². The first-order valence-electron chi connectivity index (χ1n) is 3.91. The van der Waals surface area contributed by atoms with Crippen LogP contribution in [0.4, 0.5) is 4.39 Å². The molecule has 0 amide bonds. The summed E-state index contributed by atoms with van der Waals surface area (Å²) in [6.07, 6.45) is 0. The van der Waals surface area contributed by atoms with Gasteiger partial charge in [0.2, 0.25) is 0 Å². The van der Waals surface area contributed by atoms with E-state index in [0.717, 1.165) is 12.1 Å². The van der Waals surface area contributed by atoms with E-state index < -0.39 is 18.9 Å². The maximum absolute atomic E-state index is 12.7. The van der Waals surface area contributed by atoms with E-state index in [-0.39, 0.29) is 10.9 Å². The lowest BCUT2D eigenvalue weighted by Gasteiger charge is -2.10. The summed E-state index contributed by atoms with van der Waals surface area (Å²) in [7, 11) is -2.68. The number of hydrogen-bond acceptors (Lipinski definition) is 2. The molecule has 0 atom stereocenters. The Labute approximate surface area is 80.9 Å². The number of hydrogen-bond donors (Lipinski definition) is 1. The van der Waals surface area contributed by atoms with Crippen LogP contribution in [-0.2, 0) is 4.57 Å². The molecule has 0 aliphatic carbocycles. The first-order chi connectivity index (χ1) is 6.32. The highest BCUT2D eigenvalue weighted by molar-refractivity contribution is 7.70. The molecule has 0 bridgehead atoms. The van der Waals surface area contributed by atoms with Crippen molar-refractivity contribution in [3.63, 3.8) is 0 Å². The Balaban J connectivity index is 3.45. The molecule has 0 aliphatic heterocycles. The summed E-state index contributed by atoms with van der Waals surface area (Å²) >= 11 is 0. The summed E-state index contributed by atoms with van der Waals surface area (Å²) in [5.74, 6) is -1.90. The van der Waals surface area contributed by atoms with Gasteiger partial charge in [-0.15, -0.1) is 0 Å². The van der Waals surface area contributed by atoms with Crippen LogP contribution < -0.4 is 5.30 Å². The fraction of sp³-hybridized carbons (Fsp3) is 0.222. The van der Waals surface area contributed by atoms with Crippen molar-refractivity contribution < 1.29 is 18.9 Å². The van der Waals surface area contributed by atoms with Crippen molar-refractivity contribution in [1.29, 1.82) is 0 Å². The van der Waals surface area contributed by atoms with Gasteiger partial charge < -0.3 is 9.67 Å². The van der Waals surface area contributed by atoms with E-state index in [2.05, 4.69) is 0 Å². The first kappa shape index (κ1) is 10.9. The highest BCUT2D eigenvalue weighted by Gasteiger charge is 2.20. The van der Waals surface area contributed by atoms with Gasteiger partial charge in [-0.2, -0.15) is 0 Å². The Kier molecular flexibility index (Phi) is 2.76. The number of carbonyl (C=O) groups is 1. The van der Waals surface area contributed by atoms with Gasteiger partial charge in [-0.05, 0) is 31.5 Å². The van der Waals surface area contributed by atoms with Gasteiger partial charge in [-0.1, -0.05) is 0 Å². The van der Waals surface area contributed by atoms with E-state index in [1.807, 2.05) is 0 Å². The molecule has 0 unspecified atom stereocenters. The Morgan fingerprint density at radius 1 is 1.43 bits per heavy atom. The van der Waals surface area contributed by atoms with Crippen LogP contribution in [0.3, 0.4) is 0 Å². The quantitative estimate of drug-likeness (QED) is 0.766. The number of aromatic carboxylic acids is 1. The van der Waals surface area contributed by atoms with Crippen LogP contribution >= 0.6 is 7.14 Å². The van der Waals surface area contributed by atoms with Crippen molar-refractivity contribution >= 4 is 18.4 Å². The Morgan fingerprint density at radius 3 is 2.43 bits per heavy atom. The van der Waals surface area contributed by atoms with Gasteiger partial charge in [-0.25, -0.2) is 9.18 Å². The lowest BCUT2D eigenvalue weighted by molar-refractivity contribution is 0.0697. The van der Waals surface area contributed by atoms with Crippen LogP contribution in [0, 0.1) is 5.82 Å². The van der Waals surface area contributed by atoms with Gasteiger partial charge in [-0.3, -0.25) is 0 Å². The summed E-state index contributed by atoms with van der Waals surface area (Å²) in [6.45, 7) is 2.90. The second-order valence-corrected chi connectivity index (χ2v) is 6.50. The summed E-state index contributed by atoms with van der Waals surface area (Å²) in [5.41, 5.74) is -0.224. The normalized spacial score (nSPS) is 11.4. The van der Waals surface area contributed by atoms with E-state index in [0.29, 0.717) is 0 Å². The molecule has 3 nitrogen and oxygen atoms in total. The monoisotopic (exact) mass is 216 g/mol. The maximum atomic E-state index is 12.7. The van der Waals surface area contributed by atoms with Gasteiger partial charge in [0, 0.05) is 5.30 Å². The SMILES string of the molecule is CP(C)(=O)c1ccc(F)cc1C(=O)O. The smallest absolute Gasteiger partial charge is 0.336 e. The van der Waals surface area contributed by atoms with E-state index in [1.165, 1.54) is 19.4 Å². The predicted octanol–water partition coefficient (Wildman–Crippen LogP) is 1.77. The molecule has 0 fully saturated rings. The molecule has 0 saturated heterocycles. The summed E-state index contributed by atoms with van der Waals surface area (Å²) in [4.78, 5) is 10.7. The van der Waals surface area contributed by atoms with Gasteiger partial charge in [0.15, 0.2) is 0 Å². The molecule has 1 aromatic carbocycles. The zero-order chi connectivity index (χ0) is 10.9. The minimum Gasteiger partial charge on any atom is -0.478 e. The van der Waals surface area contributed by atoms with Crippen molar-refractivity contribution in [3.8, 4) is 0 Å². The lowest BCUT2D eigenvalue weighted by atomic mass is 10.2. The van der Waals surface area contributed by atoms with Crippen LogP contribution in [0.5, 0.6) is 0 Å². The van der Waals surface area contributed by atoms with Crippen LogP contribution in [0.15, 0.2) is 18.2 Å². The van der Waals surface area contributed by atoms with Crippen molar-refractivity contribution in [2.75, 3.05) is 13.3 Å². The van der Waals surface area contributed by atoms with Crippen molar-refractivity contribution in [2.24, 2.45) is 0 Å². The molecule has 1 aromatic rings. The van der Waals surface area contributed by atoms with Crippen molar-refractivity contribution in [2.45, 2.75) is 0 Å². The molecule has 0 heterocycles. The average molecular weight is 216 g/mol. The van der Waals surface area contributed by atoms with E-state index in [9.17, 15) is 13.8 Å². The van der Waals surface area contributed by atoms with Gasteiger partial charge in [0.1, 0.15) is 13.0 Å². The minimum atomic E-state index is -2.68. The Bertz CT molecular complexity index is 422. The molecule has 0 aliphatic rings. The van der Waals surface area contributed by atoms with Crippen LogP contribution in [0.2, 0.25) is 0 Å². The Morgan fingerprint density at radius 2 is 2.00 bits per heavy atom. The fourth-order valence-electron chi connectivity index (χ4n) is 1.15. The molecule has 1 N–H and O–H groups in total. The van der Waals surface area contributed by atoms with E-state index in [1.54, 1.807) is 0 Å². The number of rotatable bonds is 2. The Hall–Kier alpha value is -1.15. The fourth-order valence-corrected chi connectivity index (χ4v) is 2.32. The molecule has 0 spiro atoms. The molecule has 14 heavy (non-hydrogen) atoms. The third-order valence-electron chi connectivity index (χ3n) is 1.77. The summed E-state index contributed by atoms with van der Waals surface area (Å²) in [5, 5.41) is 8.97. The lowest BCUT2D eigenvalue weighted by Crippen LogP contribution is -2.15. The summed E-state index contributed by atoms with van der Waals surface area (Å²) in [6, 6.07) is 3.26. The van der Waals surface area contributed by atoms with Gasteiger partial charge >= 0.3 is 5.97 Å². The standard InChI is InChI=1S/C9H10FO3P/c1-14(2,13)8-4-3-6(10)5-7(8)9(11)12/h3-5H,1-2H3,(H,11,12). The van der Waals surface area contributed by atoms with E-state index >= 15 is 0 Å².